The van der Waals surface area contributed by atoms with Crippen molar-refractivity contribution in [1.82, 2.24) is 4.90 Å². The van der Waals surface area contributed by atoms with Gasteiger partial charge in [0.15, 0.2) is 0 Å². The molecule has 1 unspecified atom stereocenters. The van der Waals surface area contributed by atoms with E-state index in [1.165, 1.54) is 0 Å². The minimum Gasteiger partial charge on any atom is -0.497 e. The van der Waals surface area contributed by atoms with Crippen LogP contribution in [-0.4, -0.2) is 43.5 Å². The molecular formula is C23H26N2O4. The van der Waals surface area contributed by atoms with Crippen LogP contribution in [0.2, 0.25) is 0 Å². The smallest absolute Gasteiger partial charge is 0.228 e. The van der Waals surface area contributed by atoms with Crippen LogP contribution in [0.3, 0.4) is 0 Å². The summed E-state index contributed by atoms with van der Waals surface area (Å²) in [6.45, 7) is 0.980. The molecule has 1 heterocycles. The first-order valence-electron chi connectivity index (χ1n) is 9.97. The molecule has 2 fully saturated rings. The molecule has 0 spiro atoms. The van der Waals surface area contributed by atoms with Gasteiger partial charge in [0, 0.05) is 37.3 Å². The fourth-order valence-corrected chi connectivity index (χ4v) is 3.84. The third kappa shape index (κ3) is 4.21. The quantitative estimate of drug-likeness (QED) is 0.723. The van der Waals surface area contributed by atoms with E-state index in [-0.39, 0.29) is 30.2 Å². The van der Waals surface area contributed by atoms with E-state index >= 15 is 0 Å². The van der Waals surface area contributed by atoms with Gasteiger partial charge in [-0.15, -0.1) is 0 Å². The zero-order chi connectivity index (χ0) is 20.4. The molecular weight excluding hydrogens is 368 g/mol. The van der Waals surface area contributed by atoms with Crippen LogP contribution in [0.1, 0.15) is 24.8 Å². The molecule has 2 amide bonds. The maximum absolute atomic E-state index is 13.3. The molecule has 2 aromatic rings. The van der Waals surface area contributed by atoms with E-state index in [9.17, 15) is 9.59 Å². The first-order valence-corrected chi connectivity index (χ1v) is 9.97. The Morgan fingerprint density at radius 2 is 1.79 bits per heavy atom. The van der Waals surface area contributed by atoms with Gasteiger partial charge in [-0.1, -0.05) is 18.2 Å². The fraction of sp³-hybridized carbons (Fsp3) is 0.391. The second kappa shape index (κ2) is 8.15. The lowest BCUT2D eigenvalue weighted by Gasteiger charge is -2.26. The van der Waals surface area contributed by atoms with Gasteiger partial charge in [-0.2, -0.15) is 0 Å². The number of hydrogen-bond acceptors (Lipinski definition) is 4. The zero-order valence-electron chi connectivity index (χ0n) is 16.8. The molecule has 1 aliphatic heterocycles. The van der Waals surface area contributed by atoms with Crippen molar-refractivity contribution < 1.29 is 19.1 Å². The van der Waals surface area contributed by atoms with Crippen molar-refractivity contribution in [2.45, 2.75) is 31.8 Å². The molecule has 1 saturated heterocycles. The van der Waals surface area contributed by atoms with Crippen molar-refractivity contribution in [2.24, 2.45) is 5.92 Å². The number of ether oxygens (including phenoxy) is 2. The van der Waals surface area contributed by atoms with E-state index in [2.05, 4.69) is 0 Å². The average molecular weight is 394 g/mol. The number of carbonyl (C=O) groups is 2. The number of hydrogen-bond donors (Lipinski definition) is 0. The maximum atomic E-state index is 13.3. The topological polar surface area (TPSA) is 59.1 Å². The van der Waals surface area contributed by atoms with Crippen LogP contribution in [0.5, 0.6) is 11.5 Å². The summed E-state index contributed by atoms with van der Waals surface area (Å²) in [5.41, 5.74) is 1.85. The molecule has 4 rings (SSSR count). The van der Waals surface area contributed by atoms with Gasteiger partial charge in [0.1, 0.15) is 11.5 Å². The van der Waals surface area contributed by atoms with Crippen LogP contribution in [-0.2, 0) is 16.1 Å². The molecule has 0 bridgehead atoms. The Hall–Kier alpha value is -3.02. The second-order valence-corrected chi connectivity index (χ2v) is 7.65. The largest absolute Gasteiger partial charge is 0.497 e. The van der Waals surface area contributed by atoms with E-state index in [1.54, 1.807) is 19.1 Å². The summed E-state index contributed by atoms with van der Waals surface area (Å²) in [5, 5.41) is 0. The molecule has 0 aromatic heterocycles. The highest BCUT2D eigenvalue weighted by molar-refractivity contribution is 6.00. The number of benzene rings is 2. The number of amides is 2. The third-order valence-corrected chi connectivity index (χ3v) is 5.62. The molecule has 2 aliphatic rings. The van der Waals surface area contributed by atoms with Gasteiger partial charge in [0.05, 0.1) is 20.1 Å². The summed E-state index contributed by atoms with van der Waals surface area (Å²) >= 11 is 0. The number of nitrogens with zero attached hydrogens (tertiary/aromatic N) is 2. The molecule has 1 atom stereocenters. The van der Waals surface area contributed by atoms with Crippen molar-refractivity contribution in [3.63, 3.8) is 0 Å². The van der Waals surface area contributed by atoms with Crippen LogP contribution < -0.4 is 14.4 Å². The first-order chi connectivity index (χ1) is 14.1. The van der Waals surface area contributed by atoms with E-state index in [0.29, 0.717) is 18.8 Å². The first kappa shape index (κ1) is 19.3. The van der Waals surface area contributed by atoms with Crippen LogP contribution in [0, 0.1) is 5.92 Å². The fourth-order valence-electron chi connectivity index (χ4n) is 3.84. The number of carbonyl (C=O) groups excluding carboxylic acids is 2. The lowest BCUT2D eigenvalue weighted by Crippen LogP contribution is -2.38. The Morgan fingerprint density at radius 3 is 2.45 bits per heavy atom. The second-order valence-electron chi connectivity index (χ2n) is 7.65. The zero-order valence-corrected chi connectivity index (χ0v) is 16.8. The van der Waals surface area contributed by atoms with E-state index in [1.807, 2.05) is 53.4 Å². The lowest BCUT2D eigenvalue weighted by atomic mass is 10.1. The number of methoxy groups -OCH3 is 2. The highest BCUT2D eigenvalue weighted by Crippen LogP contribution is 2.34. The summed E-state index contributed by atoms with van der Waals surface area (Å²) in [7, 11) is 3.24. The normalized spacial score (nSPS) is 18.6. The molecule has 0 radical (unpaired) electrons. The molecule has 0 N–H and O–H groups in total. The Morgan fingerprint density at radius 1 is 1.07 bits per heavy atom. The SMILES string of the molecule is COc1ccc(CN(C(=O)C2CC(=O)N(c3cccc(OC)c3)C2)C2CC2)cc1. The van der Waals surface area contributed by atoms with Crippen molar-refractivity contribution in [3.8, 4) is 11.5 Å². The van der Waals surface area contributed by atoms with Gasteiger partial charge < -0.3 is 19.3 Å². The standard InChI is InChI=1S/C23H26N2O4/c1-28-20-10-6-16(7-11-20)14-25(18-8-9-18)23(27)17-12-22(26)24(15-17)19-4-3-5-21(13-19)29-2/h3-7,10-11,13,17-18H,8-9,12,14-15H2,1-2H3. The third-order valence-electron chi connectivity index (χ3n) is 5.62. The van der Waals surface area contributed by atoms with Gasteiger partial charge in [-0.25, -0.2) is 0 Å². The monoisotopic (exact) mass is 394 g/mol. The van der Waals surface area contributed by atoms with Gasteiger partial charge in [-0.3, -0.25) is 9.59 Å². The van der Waals surface area contributed by atoms with Crippen molar-refractivity contribution >= 4 is 17.5 Å². The summed E-state index contributed by atoms with van der Waals surface area (Å²) in [6.07, 6.45) is 2.31. The van der Waals surface area contributed by atoms with Crippen molar-refractivity contribution in [2.75, 3.05) is 25.7 Å². The Labute approximate surface area is 171 Å². The van der Waals surface area contributed by atoms with Crippen LogP contribution in [0.4, 0.5) is 5.69 Å². The lowest BCUT2D eigenvalue weighted by molar-refractivity contribution is -0.137. The maximum Gasteiger partial charge on any atom is 0.228 e. The van der Waals surface area contributed by atoms with Crippen molar-refractivity contribution in [3.05, 3.63) is 54.1 Å². The molecule has 6 heteroatoms. The van der Waals surface area contributed by atoms with Crippen LogP contribution >= 0.6 is 0 Å². The van der Waals surface area contributed by atoms with Crippen LogP contribution in [0.15, 0.2) is 48.5 Å². The van der Waals surface area contributed by atoms with Gasteiger partial charge in [0.25, 0.3) is 0 Å². The minimum absolute atomic E-state index is 0.0169. The van der Waals surface area contributed by atoms with Crippen LogP contribution in [0.25, 0.3) is 0 Å². The van der Waals surface area contributed by atoms with E-state index in [0.717, 1.165) is 29.8 Å². The van der Waals surface area contributed by atoms with Crippen molar-refractivity contribution in [1.29, 1.82) is 0 Å². The summed E-state index contributed by atoms with van der Waals surface area (Å²) in [5.74, 6) is 1.24. The predicted molar refractivity (Wildman–Crippen MR) is 110 cm³/mol. The van der Waals surface area contributed by atoms with E-state index in [4.69, 9.17) is 9.47 Å². The Balaban J connectivity index is 1.47. The Kier molecular flexibility index (Phi) is 5.43. The molecule has 1 aliphatic carbocycles. The Bertz CT molecular complexity index is 892. The highest BCUT2D eigenvalue weighted by atomic mass is 16.5. The van der Waals surface area contributed by atoms with Gasteiger partial charge >= 0.3 is 0 Å². The average Bonchev–Trinajstić information content (AvgIpc) is 3.53. The molecule has 1 saturated carbocycles. The highest BCUT2D eigenvalue weighted by Gasteiger charge is 2.41. The number of anilines is 1. The summed E-state index contributed by atoms with van der Waals surface area (Å²) < 4.78 is 10.5. The van der Waals surface area contributed by atoms with Gasteiger partial charge in [0.2, 0.25) is 11.8 Å². The summed E-state index contributed by atoms with van der Waals surface area (Å²) in [6, 6.07) is 15.5. The molecule has 2 aromatic carbocycles. The van der Waals surface area contributed by atoms with E-state index < -0.39 is 0 Å². The predicted octanol–water partition coefficient (Wildman–Crippen LogP) is 3.25. The molecule has 152 valence electrons. The number of rotatable bonds is 7. The summed E-state index contributed by atoms with van der Waals surface area (Å²) in [4.78, 5) is 29.6. The molecule has 29 heavy (non-hydrogen) atoms. The molecule has 6 nitrogen and oxygen atoms in total. The van der Waals surface area contributed by atoms with Gasteiger partial charge in [-0.05, 0) is 42.7 Å². The minimum atomic E-state index is -0.312.